The van der Waals surface area contributed by atoms with E-state index in [4.69, 9.17) is 4.74 Å². The molecule has 192 valence electrons. The van der Waals surface area contributed by atoms with Crippen LogP contribution in [0.25, 0.3) is 10.9 Å². The van der Waals surface area contributed by atoms with Crippen molar-refractivity contribution < 1.29 is 27.4 Å². The molecule has 1 N–H and O–H groups in total. The van der Waals surface area contributed by atoms with Crippen LogP contribution < -0.4 is 4.74 Å². The zero-order chi connectivity index (χ0) is 25.6. The zero-order valence-corrected chi connectivity index (χ0v) is 21.0. The molecule has 0 unspecified atom stereocenters. The molecule has 2 fully saturated rings. The molecule has 2 atom stereocenters. The van der Waals surface area contributed by atoms with Crippen molar-refractivity contribution in [2.45, 2.75) is 55.9 Å². The van der Waals surface area contributed by atoms with Crippen LogP contribution in [0.3, 0.4) is 0 Å². The molecule has 1 saturated heterocycles. The topological polar surface area (TPSA) is 115 Å². The van der Waals surface area contributed by atoms with Crippen molar-refractivity contribution in [3.63, 3.8) is 0 Å². The summed E-state index contributed by atoms with van der Waals surface area (Å²) in [5.41, 5.74) is 1.53. The molecular weight excluding hydrogens is 487 g/mol. The Morgan fingerprint density at radius 3 is 2.58 bits per heavy atom. The first-order chi connectivity index (χ1) is 17.2. The lowest BCUT2D eigenvalue weighted by molar-refractivity contribution is -0.136. The number of carboxylic acids is 1. The summed E-state index contributed by atoms with van der Waals surface area (Å²) >= 11 is 0. The SMILES string of the molecule is COc1ccc(S(=O)(=O)N2C[C@@H](C)[C@@H](n3nc(CC(=O)O)c4ccc(F)c(C5CCCC5)c43)C2)cn1. The van der Waals surface area contributed by atoms with Gasteiger partial charge in [-0.3, -0.25) is 9.48 Å². The first kappa shape index (κ1) is 24.6. The summed E-state index contributed by atoms with van der Waals surface area (Å²) in [7, 11) is -2.37. The highest BCUT2D eigenvalue weighted by atomic mass is 32.2. The Hall–Kier alpha value is -3.05. The van der Waals surface area contributed by atoms with E-state index >= 15 is 4.39 Å². The molecule has 1 saturated carbocycles. The molecule has 0 spiro atoms. The van der Waals surface area contributed by atoms with Crippen LogP contribution in [-0.2, 0) is 21.2 Å². The molecule has 1 aliphatic heterocycles. The largest absolute Gasteiger partial charge is 0.481 e. The van der Waals surface area contributed by atoms with Crippen LogP contribution in [-0.4, -0.2) is 58.8 Å². The van der Waals surface area contributed by atoms with Crippen LogP contribution in [0.15, 0.2) is 35.4 Å². The van der Waals surface area contributed by atoms with Gasteiger partial charge in [-0.25, -0.2) is 17.8 Å². The summed E-state index contributed by atoms with van der Waals surface area (Å²) in [5.74, 6) is -1.13. The predicted octanol–water partition coefficient (Wildman–Crippen LogP) is 3.75. The van der Waals surface area contributed by atoms with Gasteiger partial charge in [0.05, 0.1) is 37.0 Å². The first-order valence-electron chi connectivity index (χ1n) is 12.1. The van der Waals surface area contributed by atoms with Crippen molar-refractivity contribution in [1.29, 1.82) is 0 Å². The molecule has 1 aliphatic carbocycles. The van der Waals surface area contributed by atoms with E-state index in [1.807, 2.05) is 6.92 Å². The number of sulfonamides is 1. The lowest BCUT2D eigenvalue weighted by Crippen LogP contribution is -2.29. The Balaban J connectivity index is 1.58. The molecule has 0 amide bonds. The predicted molar refractivity (Wildman–Crippen MR) is 130 cm³/mol. The highest BCUT2D eigenvalue weighted by molar-refractivity contribution is 7.89. The minimum atomic E-state index is -3.83. The van der Waals surface area contributed by atoms with Crippen LogP contribution >= 0.6 is 0 Å². The Morgan fingerprint density at radius 1 is 1.19 bits per heavy atom. The van der Waals surface area contributed by atoms with Gasteiger partial charge in [0, 0.05) is 30.1 Å². The van der Waals surface area contributed by atoms with Crippen molar-refractivity contribution in [1.82, 2.24) is 19.1 Å². The standard InChI is InChI=1S/C25H29FN4O5S/c1-15-13-29(36(33,34)17-7-10-22(35-2)27-12-17)14-21(15)30-25-18(20(28-30)11-23(31)32)8-9-19(26)24(25)16-5-3-4-6-16/h7-10,12,15-16,21H,3-6,11,13-14H2,1-2H3,(H,31,32)/t15-,21+/m1/s1. The van der Waals surface area contributed by atoms with Gasteiger partial charge in [0.15, 0.2) is 0 Å². The maximum absolute atomic E-state index is 15.3. The minimum Gasteiger partial charge on any atom is -0.481 e. The van der Waals surface area contributed by atoms with Crippen LogP contribution in [0.5, 0.6) is 5.88 Å². The molecule has 5 rings (SSSR count). The van der Waals surface area contributed by atoms with E-state index in [1.54, 1.807) is 10.7 Å². The Bertz CT molecular complexity index is 1400. The van der Waals surface area contributed by atoms with Crippen LogP contribution in [0.4, 0.5) is 4.39 Å². The first-order valence-corrected chi connectivity index (χ1v) is 13.6. The van der Waals surface area contributed by atoms with Crippen LogP contribution in [0.2, 0.25) is 0 Å². The molecule has 36 heavy (non-hydrogen) atoms. The van der Waals surface area contributed by atoms with E-state index in [9.17, 15) is 18.3 Å². The van der Waals surface area contributed by atoms with E-state index in [0.717, 1.165) is 25.7 Å². The monoisotopic (exact) mass is 516 g/mol. The van der Waals surface area contributed by atoms with Gasteiger partial charge in [0.25, 0.3) is 0 Å². The van der Waals surface area contributed by atoms with E-state index in [1.165, 1.54) is 35.8 Å². The van der Waals surface area contributed by atoms with E-state index in [0.29, 0.717) is 28.0 Å². The fourth-order valence-corrected chi connectivity index (χ4v) is 7.13. The summed E-state index contributed by atoms with van der Waals surface area (Å²) in [5, 5.41) is 14.8. The molecule has 3 heterocycles. The number of aliphatic carboxylic acids is 1. The highest BCUT2D eigenvalue weighted by Gasteiger charge is 2.40. The second kappa shape index (κ2) is 9.44. The van der Waals surface area contributed by atoms with Gasteiger partial charge in [-0.05, 0) is 42.9 Å². The summed E-state index contributed by atoms with van der Waals surface area (Å²) in [6.07, 6.45) is 4.73. The lowest BCUT2D eigenvalue weighted by atomic mass is 9.93. The molecule has 1 aromatic carbocycles. The maximum Gasteiger partial charge on any atom is 0.309 e. The van der Waals surface area contributed by atoms with Crippen molar-refractivity contribution in [3.8, 4) is 5.88 Å². The van der Waals surface area contributed by atoms with Gasteiger partial charge >= 0.3 is 5.97 Å². The van der Waals surface area contributed by atoms with Crippen molar-refractivity contribution >= 4 is 26.9 Å². The second-order valence-electron chi connectivity index (χ2n) is 9.70. The molecule has 0 radical (unpaired) electrons. The molecule has 2 aliphatic rings. The molecular formula is C25H29FN4O5S. The number of hydrogen-bond donors (Lipinski definition) is 1. The molecule has 0 bridgehead atoms. The number of hydrogen-bond acceptors (Lipinski definition) is 6. The Morgan fingerprint density at radius 2 is 1.94 bits per heavy atom. The van der Waals surface area contributed by atoms with Crippen molar-refractivity contribution in [3.05, 3.63) is 47.5 Å². The van der Waals surface area contributed by atoms with E-state index < -0.39 is 16.0 Å². The van der Waals surface area contributed by atoms with E-state index in [2.05, 4.69) is 10.1 Å². The number of nitrogens with zero attached hydrogens (tertiary/aromatic N) is 4. The summed E-state index contributed by atoms with van der Waals surface area (Å²) < 4.78 is 50.2. The normalized spacial score (nSPS) is 21.4. The average Bonchev–Trinajstić information content (AvgIpc) is 3.58. The number of methoxy groups -OCH3 is 1. The third kappa shape index (κ3) is 4.24. The number of ether oxygens (including phenoxy) is 1. The molecule has 3 aromatic rings. The number of pyridine rings is 1. The average molecular weight is 517 g/mol. The number of carbonyl (C=O) groups is 1. The Kier molecular flexibility index (Phi) is 6.46. The van der Waals surface area contributed by atoms with Gasteiger partial charge in [0.1, 0.15) is 10.7 Å². The number of carboxylic acid groups (broad SMARTS) is 1. The van der Waals surface area contributed by atoms with Gasteiger partial charge < -0.3 is 9.84 Å². The van der Waals surface area contributed by atoms with Crippen molar-refractivity contribution in [2.24, 2.45) is 5.92 Å². The van der Waals surface area contributed by atoms with Gasteiger partial charge in [-0.15, -0.1) is 0 Å². The van der Waals surface area contributed by atoms with Gasteiger partial charge in [-0.1, -0.05) is 19.8 Å². The number of fused-ring (bicyclic) bond motifs is 1. The quantitative estimate of drug-likeness (QED) is 0.509. The third-order valence-corrected chi connectivity index (χ3v) is 9.24. The molecule has 11 heteroatoms. The fraction of sp³-hybridized carbons (Fsp3) is 0.480. The van der Waals surface area contributed by atoms with Crippen LogP contribution in [0.1, 0.15) is 55.8 Å². The number of aromatic nitrogens is 3. The molecule has 2 aromatic heterocycles. The lowest BCUT2D eigenvalue weighted by Gasteiger charge is -2.20. The summed E-state index contributed by atoms with van der Waals surface area (Å²) in [6, 6.07) is 5.58. The molecule has 9 nitrogen and oxygen atoms in total. The number of rotatable bonds is 7. The summed E-state index contributed by atoms with van der Waals surface area (Å²) in [6.45, 7) is 2.33. The number of benzene rings is 1. The van der Waals surface area contributed by atoms with Crippen LogP contribution in [0, 0.1) is 11.7 Å². The van der Waals surface area contributed by atoms with E-state index in [-0.39, 0.29) is 48.1 Å². The van der Waals surface area contributed by atoms with Gasteiger partial charge in [0.2, 0.25) is 15.9 Å². The number of halogens is 1. The Labute approximate surface area is 208 Å². The van der Waals surface area contributed by atoms with Gasteiger partial charge in [-0.2, -0.15) is 9.40 Å². The smallest absolute Gasteiger partial charge is 0.309 e. The zero-order valence-electron chi connectivity index (χ0n) is 20.2. The third-order valence-electron chi connectivity index (χ3n) is 7.42. The summed E-state index contributed by atoms with van der Waals surface area (Å²) in [4.78, 5) is 15.7. The second-order valence-corrected chi connectivity index (χ2v) is 11.6. The van der Waals surface area contributed by atoms with Crippen molar-refractivity contribution in [2.75, 3.05) is 20.2 Å². The fourth-order valence-electron chi connectivity index (χ4n) is 5.62. The maximum atomic E-state index is 15.3. The minimum absolute atomic E-state index is 0.0312. The highest BCUT2D eigenvalue weighted by Crippen LogP contribution is 2.42.